The lowest BCUT2D eigenvalue weighted by molar-refractivity contribution is -0.239. The summed E-state index contributed by atoms with van der Waals surface area (Å²) < 4.78 is 16.6. The van der Waals surface area contributed by atoms with Crippen molar-refractivity contribution in [3.63, 3.8) is 0 Å². The van der Waals surface area contributed by atoms with E-state index in [1.807, 2.05) is 40.6 Å². The molecule has 0 saturated heterocycles. The molecule has 0 saturated carbocycles. The third-order valence-corrected chi connectivity index (χ3v) is 9.59. The number of fused-ring (bicyclic) bond motifs is 5. The zero-order chi connectivity index (χ0) is 44.6. The highest BCUT2D eigenvalue weighted by atomic mass is 32.2. The minimum Gasteiger partial charge on any atom is -0.497 e. The Morgan fingerprint density at radius 1 is 0.903 bits per heavy atom. The molecule has 0 atom stereocenters. The number of thiophene rings is 1. The summed E-state index contributed by atoms with van der Waals surface area (Å²) >= 11 is 10.2. The number of ether oxygens (including phenoxy) is 1. The topological polar surface area (TPSA) is 147 Å². The van der Waals surface area contributed by atoms with Crippen molar-refractivity contribution in [1.29, 1.82) is 5.53 Å². The van der Waals surface area contributed by atoms with Crippen molar-refractivity contribution in [2.45, 2.75) is 25.9 Å². The summed E-state index contributed by atoms with van der Waals surface area (Å²) in [6.45, 7) is 3.60. The van der Waals surface area contributed by atoms with E-state index in [0.717, 1.165) is 47.6 Å². The fourth-order valence-corrected chi connectivity index (χ4v) is 6.94. The van der Waals surface area contributed by atoms with E-state index in [9.17, 15) is 4.79 Å². The Bertz CT molecular complexity index is 2950. The third-order valence-electron chi connectivity index (χ3n) is 7.37. The monoisotopic (exact) mass is 912 g/mol. The van der Waals surface area contributed by atoms with Crippen molar-refractivity contribution in [2.75, 3.05) is 32.2 Å². The van der Waals surface area contributed by atoms with Crippen LogP contribution in [0.2, 0.25) is 0 Å². The van der Waals surface area contributed by atoms with E-state index < -0.39 is 0 Å². The lowest BCUT2D eigenvalue weighted by Gasteiger charge is -2.26. The van der Waals surface area contributed by atoms with Crippen LogP contribution in [0.25, 0.3) is 15.9 Å². The fraction of sp³-hybridized carbons (Fsp3) is 0.205. The van der Waals surface area contributed by atoms with Crippen LogP contribution in [0.4, 0.5) is 0 Å². The molecular weight excluding hydrogens is 861 g/mol. The van der Waals surface area contributed by atoms with Crippen LogP contribution in [0.15, 0.2) is 51.1 Å². The highest BCUT2D eigenvalue weighted by molar-refractivity contribution is 7.98. The first-order chi connectivity index (χ1) is 30.5. The van der Waals surface area contributed by atoms with Gasteiger partial charge in [0.05, 0.1) is 19.0 Å². The SMILES string of the molecule is C#CC#CC#CC#CC#CC#CC#CC#CC#CC#CC#C.COc1ccc(Cn2c(=O)n3ncnc3c3c4c(sc32)CN(CCCSC)CC4)cc1.N=N/N=N/N(OS)OS.[HH].[HH].[HH].[HH].[HH].[HH].[HH].[HH].[HH].[HH].[HH]. The molecule has 1 aliphatic rings. The molecule has 3 aromatic heterocycles. The molecule has 1 N–H and O–H groups in total. The van der Waals surface area contributed by atoms with Crippen LogP contribution in [0.5, 0.6) is 5.75 Å². The van der Waals surface area contributed by atoms with Gasteiger partial charge in [0.25, 0.3) is 0 Å². The van der Waals surface area contributed by atoms with Gasteiger partial charge in [-0.15, -0.1) is 24.2 Å². The van der Waals surface area contributed by atoms with E-state index in [1.165, 1.54) is 33.5 Å². The predicted octanol–water partition coefficient (Wildman–Crippen LogP) is 7.42. The third kappa shape index (κ3) is 16.6. The number of hydrogen-bond acceptors (Lipinski definition) is 13. The number of aromatic nitrogens is 4. The minimum absolute atomic E-state index is 0. The number of hydrogen-bond donors (Lipinski definition) is 3. The van der Waals surface area contributed by atoms with Crippen LogP contribution in [0.1, 0.15) is 38.1 Å². The van der Waals surface area contributed by atoms with Crippen molar-refractivity contribution in [2.24, 2.45) is 15.7 Å². The summed E-state index contributed by atoms with van der Waals surface area (Å²) in [6.07, 6.45) is 15.6. The molecule has 5 rings (SSSR count). The van der Waals surface area contributed by atoms with Crippen molar-refractivity contribution in [3.05, 3.63) is 57.1 Å². The molecule has 0 spiro atoms. The van der Waals surface area contributed by atoms with Gasteiger partial charge in [0.15, 0.2) is 5.65 Å². The summed E-state index contributed by atoms with van der Waals surface area (Å²) in [5, 5.41) is 14.1. The number of terminal acetylenes is 2. The number of nitrogens with zero attached hydrogens (tertiary/aromatic N) is 9. The predicted molar refractivity (Wildman–Crippen MR) is 270 cm³/mol. The average Bonchev–Trinajstić information content (AvgIpc) is 3.94. The number of rotatable bonds is 11. The van der Waals surface area contributed by atoms with Crippen molar-refractivity contribution in [1.82, 2.24) is 29.4 Å². The molecular formula is C44H52N10O4S4. The van der Waals surface area contributed by atoms with Crippen LogP contribution in [-0.4, -0.2) is 61.6 Å². The number of benzene rings is 1. The van der Waals surface area contributed by atoms with Gasteiger partial charge >= 0.3 is 5.69 Å². The van der Waals surface area contributed by atoms with Crippen LogP contribution < -0.4 is 10.4 Å². The number of methoxy groups -OCH3 is 1. The van der Waals surface area contributed by atoms with Gasteiger partial charge in [0.1, 0.15) is 16.9 Å². The zero-order valence-corrected chi connectivity index (χ0v) is 36.3. The highest BCUT2D eigenvalue weighted by Crippen LogP contribution is 2.36. The summed E-state index contributed by atoms with van der Waals surface area (Å²) in [7, 11) is 1.65. The van der Waals surface area contributed by atoms with E-state index in [4.69, 9.17) is 23.1 Å². The molecule has 1 aliphatic heterocycles. The molecule has 18 heteroatoms. The van der Waals surface area contributed by atoms with E-state index in [0.29, 0.717) is 17.5 Å². The van der Waals surface area contributed by atoms with Crippen molar-refractivity contribution < 1.29 is 29.0 Å². The lowest BCUT2D eigenvalue weighted by Crippen LogP contribution is -2.31. The Kier molecular flexibility index (Phi) is 23.3. The first kappa shape index (κ1) is 48.8. The van der Waals surface area contributed by atoms with E-state index in [1.54, 1.807) is 18.4 Å². The summed E-state index contributed by atoms with van der Waals surface area (Å²) in [5.74, 6) is 50.2. The smallest absolute Gasteiger partial charge is 0.352 e. The lowest BCUT2D eigenvalue weighted by atomic mass is 10.0. The number of nitrogens with one attached hydrogen (secondary N) is 1. The Labute approximate surface area is 395 Å². The molecule has 326 valence electrons. The molecule has 0 amide bonds. The molecule has 14 nitrogen and oxygen atoms in total. The molecule has 1 aromatic carbocycles. The Balaban J connectivity index is -0.000000125. The standard InChI is InChI=1S/C22H25N5O2S2.C22H2.H3N5O2S2.11H2/c1-29-16-6-4-15(5-7-16)12-26-21-19(20-23-14-24-27(20)22(26)28)17-8-10-25(9-3-11-30-2)13-18(17)31-21;1-3-5-7-9-11-13-15-17-19-21-22-20-18-16-14-12-10-8-6-4-2;1-2-3-4-5(6-8)7-9;;;;;;;;;;;/h4-7,14H,3,8-13H2,1-2H3;1-2H;1,8-9H;11*1H/b;;2-1?,4-3+;;;;;;;;;;;. The van der Waals surface area contributed by atoms with E-state index >= 15 is 0 Å². The van der Waals surface area contributed by atoms with Crippen LogP contribution in [0.3, 0.4) is 0 Å². The molecule has 0 fully saturated rings. The van der Waals surface area contributed by atoms with Gasteiger partial charge in [0.2, 0.25) is 0 Å². The summed E-state index contributed by atoms with van der Waals surface area (Å²) in [6, 6.07) is 7.86. The molecule has 62 heavy (non-hydrogen) atoms. The number of thiol groups is 2. The first-order valence-corrected chi connectivity index (χ1v) is 20.2. The van der Waals surface area contributed by atoms with Crippen molar-refractivity contribution >= 4 is 64.8 Å². The van der Waals surface area contributed by atoms with Gasteiger partial charge in [-0.1, -0.05) is 12.1 Å². The maximum Gasteiger partial charge on any atom is 0.352 e. The van der Waals surface area contributed by atoms with Gasteiger partial charge in [-0.25, -0.2) is 9.78 Å². The molecule has 0 unspecified atom stereocenters. The highest BCUT2D eigenvalue weighted by Gasteiger charge is 2.26. The van der Waals surface area contributed by atoms with Gasteiger partial charge in [-0.05, 0) is 160 Å². The van der Waals surface area contributed by atoms with E-state index in [-0.39, 0.29) is 21.4 Å². The molecule has 0 bridgehead atoms. The minimum atomic E-state index is -0.147. The van der Waals surface area contributed by atoms with Crippen LogP contribution >= 0.6 is 48.9 Å². The van der Waals surface area contributed by atoms with E-state index in [2.05, 4.69) is 190 Å². The molecule has 4 aromatic rings. The number of thioether (sulfide) groups is 1. The molecule has 0 aliphatic carbocycles. The van der Waals surface area contributed by atoms with Crippen molar-refractivity contribution in [3.8, 4) is 137 Å². The normalized spacial score (nSPS) is 9.97. The largest absolute Gasteiger partial charge is 0.497 e. The Morgan fingerprint density at radius 3 is 1.94 bits per heavy atom. The second-order valence-electron chi connectivity index (χ2n) is 11.0. The zero-order valence-electron chi connectivity index (χ0n) is 32.9. The summed E-state index contributed by atoms with van der Waals surface area (Å²) in [5.41, 5.74) is 9.04. The second kappa shape index (κ2) is 29.6. The van der Waals surface area contributed by atoms with Crippen LogP contribution in [0, 0.1) is 137 Å². The Morgan fingerprint density at radius 2 is 1.45 bits per heavy atom. The molecule has 4 heterocycles. The maximum absolute atomic E-state index is 13.3. The van der Waals surface area contributed by atoms with Gasteiger partial charge in [-0.3, -0.25) is 9.47 Å². The second-order valence-corrected chi connectivity index (χ2v) is 13.4. The quantitative estimate of drug-likeness (QED) is 0.0350. The van der Waals surface area contributed by atoms with Gasteiger partial charge in [-0.2, -0.15) is 35.5 Å². The summed E-state index contributed by atoms with van der Waals surface area (Å²) in [4.78, 5) is 22.6. The average molecular weight is 913 g/mol. The van der Waals surface area contributed by atoms with Crippen LogP contribution in [-0.2, 0) is 28.1 Å². The Hall–Kier alpha value is -7.58. The van der Waals surface area contributed by atoms with Gasteiger partial charge < -0.3 is 4.74 Å². The first-order valence-electron chi connectivity index (χ1n) is 17.3. The maximum atomic E-state index is 13.3. The fourth-order valence-electron chi connectivity index (χ4n) is 4.96. The van der Waals surface area contributed by atoms with Gasteiger partial charge in [0, 0.05) is 93.7 Å². The molecule has 0 radical (unpaired) electrons.